The van der Waals surface area contributed by atoms with Crippen LogP contribution in [0.25, 0.3) is 0 Å². The highest BCUT2D eigenvalue weighted by atomic mass is 32.2. The Morgan fingerprint density at radius 2 is 2.14 bits per heavy atom. The molecule has 8 nitrogen and oxygen atoms in total. The number of hydrogen-bond donors (Lipinski definition) is 4. The second-order valence-corrected chi connectivity index (χ2v) is 3.77. The fourth-order valence-corrected chi connectivity index (χ4v) is 1.25. The molecule has 0 rings (SSSR count). The number of nitrogens with one attached hydrogen (secondary N) is 3. The molecular formula is C5H12N4O4S. The summed E-state index contributed by atoms with van der Waals surface area (Å²) in [4.78, 5) is 10.5. The van der Waals surface area contributed by atoms with Crippen molar-refractivity contribution in [2.24, 2.45) is 5.73 Å². The van der Waals surface area contributed by atoms with Gasteiger partial charge in [0.2, 0.25) is 0 Å². The third-order valence-electron chi connectivity index (χ3n) is 1.09. The van der Waals surface area contributed by atoms with Gasteiger partial charge in [-0.15, -0.1) is 0 Å². The van der Waals surface area contributed by atoms with Gasteiger partial charge in [-0.1, -0.05) is 0 Å². The number of amides is 1. The molecule has 5 N–H and O–H groups in total. The number of ether oxygens (including phenoxy) is 1. The average molecular weight is 224 g/mol. The van der Waals surface area contributed by atoms with E-state index in [4.69, 9.17) is 11.1 Å². The first-order valence-corrected chi connectivity index (χ1v) is 5.04. The first-order chi connectivity index (χ1) is 6.37. The summed E-state index contributed by atoms with van der Waals surface area (Å²) in [5.41, 5.74) is 4.99. The van der Waals surface area contributed by atoms with Gasteiger partial charge in [0.1, 0.15) is 0 Å². The number of amidine groups is 1. The van der Waals surface area contributed by atoms with Gasteiger partial charge >= 0.3 is 16.3 Å². The van der Waals surface area contributed by atoms with Crippen LogP contribution in [0.15, 0.2) is 0 Å². The molecule has 0 fully saturated rings. The van der Waals surface area contributed by atoms with E-state index in [9.17, 15) is 13.2 Å². The summed E-state index contributed by atoms with van der Waals surface area (Å²) in [6, 6.07) is 0. The van der Waals surface area contributed by atoms with Gasteiger partial charge in [-0.25, -0.2) is 9.52 Å². The fraction of sp³-hybridized carbons (Fsp3) is 0.600. The Kier molecular flexibility index (Phi) is 4.87. The predicted molar refractivity (Wildman–Crippen MR) is 49.0 cm³/mol. The standard InChI is InChI=1S/C5H12N4O4S/c1-13-5(10)9-14(11,12)8-3-2-4(6)7/h8H,2-3H2,1H3,(H3,6,7)(H,9,10). The largest absolute Gasteiger partial charge is 0.452 e. The Bertz CT molecular complexity index is 312. The topological polar surface area (TPSA) is 134 Å². The quantitative estimate of drug-likeness (QED) is 0.333. The minimum atomic E-state index is -3.92. The average Bonchev–Trinajstić information content (AvgIpc) is 2.02. The van der Waals surface area contributed by atoms with Gasteiger partial charge in [0.05, 0.1) is 12.9 Å². The van der Waals surface area contributed by atoms with Crippen molar-refractivity contribution < 1.29 is 17.9 Å². The van der Waals surface area contributed by atoms with Gasteiger partial charge in [0, 0.05) is 13.0 Å². The SMILES string of the molecule is COC(=O)NS(=O)(=O)NCCC(=N)N. The molecular weight excluding hydrogens is 212 g/mol. The molecule has 0 saturated carbocycles. The second kappa shape index (κ2) is 5.40. The molecule has 0 aliphatic rings. The van der Waals surface area contributed by atoms with Gasteiger partial charge in [0.25, 0.3) is 0 Å². The summed E-state index contributed by atoms with van der Waals surface area (Å²) in [5.74, 6) is -0.147. The van der Waals surface area contributed by atoms with Gasteiger partial charge in [0.15, 0.2) is 0 Å². The summed E-state index contributed by atoms with van der Waals surface area (Å²) >= 11 is 0. The van der Waals surface area contributed by atoms with E-state index in [0.29, 0.717) is 0 Å². The molecule has 14 heavy (non-hydrogen) atoms. The van der Waals surface area contributed by atoms with Crippen molar-refractivity contribution in [2.45, 2.75) is 6.42 Å². The number of carbonyl (C=O) groups excluding carboxylic acids is 1. The van der Waals surface area contributed by atoms with Crippen LogP contribution in [-0.4, -0.2) is 34.0 Å². The summed E-state index contributed by atoms with van der Waals surface area (Å²) in [6.45, 7) is -0.0539. The minimum Gasteiger partial charge on any atom is -0.452 e. The van der Waals surface area contributed by atoms with Crippen LogP contribution in [0, 0.1) is 5.41 Å². The Labute approximate surface area is 81.5 Å². The van der Waals surface area contributed by atoms with E-state index in [-0.39, 0.29) is 18.8 Å². The lowest BCUT2D eigenvalue weighted by Gasteiger charge is -2.06. The molecule has 0 unspecified atom stereocenters. The third kappa shape index (κ3) is 6.20. The van der Waals surface area contributed by atoms with Gasteiger partial charge < -0.3 is 10.5 Å². The lowest BCUT2D eigenvalue weighted by Crippen LogP contribution is -2.41. The molecule has 0 aromatic carbocycles. The number of hydrogen-bond acceptors (Lipinski definition) is 5. The van der Waals surface area contributed by atoms with Crippen LogP contribution in [0.3, 0.4) is 0 Å². The molecule has 9 heteroatoms. The van der Waals surface area contributed by atoms with Crippen molar-refractivity contribution in [3.8, 4) is 0 Å². The second-order valence-electron chi connectivity index (χ2n) is 2.27. The van der Waals surface area contributed by atoms with Gasteiger partial charge in [-0.2, -0.15) is 13.1 Å². The fourth-order valence-electron chi connectivity index (χ4n) is 0.508. The minimum absolute atomic E-state index is 0.0539. The van der Waals surface area contributed by atoms with Crippen LogP contribution < -0.4 is 15.2 Å². The van der Waals surface area contributed by atoms with Crippen molar-refractivity contribution in [1.29, 1.82) is 5.41 Å². The zero-order valence-corrected chi connectivity index (χ0v) is 8.35. The molecule has 0 radical (unpaired) electrons. The number of rotatable bonds is 5. The van der Waals surface area contributed by atoms with Crippen LogP contribution in [-0.2, 0) is 14.9 Å². The first kappa shape index (κ1) is 12.7. The molecule has 0 saturated heterocycles. The van der Waals surface area contributed by atoms with Crippen LogP contribution in [0.4, 0.5) is 4.79 Å². The van der Waals surface area contributed by atoms with E-state index >= 15 is 0 Å². The molecule has 1 amide bonds. The maximum atomic E-state index is 10.9. The normalized spacial score (nSPS) is 10.6. The van der Waals surface area contributed by atoms with Crippen LogP contribution >= 0.6 is 0 Å². The smallest absolute Gasteiger partial charge is 0.421 e. The zero-order valence-electron chi connectivity index (χ0n) is 7.53. The van der Waals surface area contributed by atoms with E-state index in [1.54, 1.807) is 4.72 Å². The lowest BCUT2D eigenvalue weighted by molar-refractivity contribution is 0.177. The molecule has 0 bridgehead atoms. The van der Waals surface area contributed by atoms with Crippen molar-refractivity contribution in [1.82, 2.24) is 9.44 Å². The maximum absolute atomic E-state index is 10.9. The molecule has 0 aromatic heterocycles. The Morgan fingerprint density at radius 1 is 1.57 bits per heavy atom. The van der Waals surface area contributed by atoms with Gasteiger partial charge in [-0.3, -0.25) is 5.41 Å². The summed E-state index contributed by atoms with van der Waals surface area (Å²) < 4.78 is 29.5. The highest BCUT2D eigenvalue weighted by molar-refractivity contribution is 7.88. The molecule has 0 heterocycles. The van der Waals surface area contributed by atoms with E-state index in [2.05, 4.69) is 4.74 Å². The van der Waals surface area contributed by atoms with Gasteiger partial charge in [-0.05, 0) is 0 Å². The van der Waals surface area contributed by atoms with Crippen molar-refractivity contribution in [3.05, 3.63) is 0 Å². The van der Waals surface area contributed by atoms with Crippen molar-refractivity contribution >= 4 is 22.1 Å². The molecule has 0 aliphatic carbocycles. The van der Waals surface area contributed by atoms with Crippen LogP contribution in [0.5, 0.6) is 0 Å². The molecule has 82 valence electrons. The monoisotopic (exact) mass is 224 g/mol. The predicted octanol–water partition coefficient (Wildman–Crippen LogP) is -1.50. The maximum Gasteiger partial charge on any atom is 0.421 e. The molecule has 0 aromatic rings. The Balaban J connectivity index is 3.96. The Morgan fingerprint density at radius 3 is 2.57 bits per heavy atom. The lowest BCUT2D eigenvalue weighted by atomic mass is 10.4. The van der Waals surface area contributed by atoms with E-state index in [1.807, 2.05) is 4.72 Å². The highest BCUT2D eigenvalue weighted by Gasteiger charge is 2.13. The number of nitrogens with two attached hydrogens (primary N) is 1. The summed E-state index contributed by atoms with van der Waals surface area (Å²) in [7, 11) is -2.87. The number of carbonyl (C=O) groups is 1. The number of methoxy groups -OCH3 is 1. The van der Waals surface area contributed by atoms with E-state index in [0.717, 1.165) is 7.11 Å². The summed E-state index contributed by atoms with van der Waals surface area (Å²) in [6.07, 6.45) is -1.01. The van der Waals surface area contributed by atoms with E-state index in [1.165, 1.54) is 0 Å². The van der Waals surface area contributed by atoms with Crippen molar-refractivity contribution in [2.75, 3.05) is 13.7 Å². The highest BCUT2D eigenvalue weighted by Crippen LogP contribution is 1.81. The van der Waals surface area contributed by atoms with Crippen LogP contribution in [0.2, 0.25) is 0 Å². The molecule has 0 spiro atoms. The molecule has 0 atom stereocenters. The first-order valence-electron chi connectivity index (χ1n) is 3.55. The summed E-state index contributed by atoms with van der Waals surface area (Å²) in [5, 5.41) is 6.81. The zero-order chi connectivity index (χ0) is 11.2. The molecule has 0 aliphatic heterocycles. The Hall–Kier alpha value is -1.35. The van der Waals surface area contributed by atoms with Crippen molar-refractivity contribution in [3.63, 3.8) is 0 Å². The van der Waals surface area contributed by atoms with E-state index < -0.39 is 16.3 Å². The third-order valence-corrected chi connectivity index (χ3v) is 2.11. The van der Waals surface area contributed by atoms with Crippen LogP contribution in [0.1, 0.15) is 6.42 Å².